The number of aromatic amines is 1. The summed E-state index contributed by atoms with van der Waals surface area (Å²) in [5.74, 6) is 1.58. The molecule has 144 valence electrons. The highest BCUT2D eigenvalue weighted by atomic mass is 16.5. The molecule has 5 nitrogen and oxygen atoms in total. The van der Waals surface area contributed by atoms with Crippen molar-refractivity contribution in [1.82, 2.24) is 9.88 Å². The molecule has 28 heavy (non-hydrogen) atoms. The maximum atomic E-state index is 12.5. The van der Waals surface area contributed by atoms with E-state index in [1.165, 1.54) is 16.7 Å². The number of aryl methyl sites for hydroxylation is 1. The van der Waals surface area contributed by atoms with Gasteiger partial charge in [0.25, 0.3) is 5.91 Å². The summed E-state index contributed by atoms with van der Waals surface area (Å²) < 4.78 is 11.0. The molecule has 1 N–H and O–H groups in total. The number of benzene rings is 2. The summed E-state index contributed by atoms with van der Waals surface area (Å²) in [4.78, 5) is 17.6. The number of ether oxygens (including phenoxy) is 2. The highest BCUT2D eigenvalue weighted by Gasteiger charge is 2.20. The molecule has 0 spiro atoms. The predicted octanol–water partition coefficient (Wildman–Crippen LogP) is 4.18. The van der Waals surface area contributed by atoms with Crippen LogP contribution in [-0.4, -0.2) is 42.6 Å². The SMILES string of the molecule is COc1ccc2[nH]cc(C3=CCN(C(=O)COc4ccc(C)cc4)CC3)c2c1. The molecule has 4 rings (SSSR count). The first kappa shape index (κ1) is 18.2. The summed E-state index contributed by atoms with van der Waals surface area (Å²) in [6, 6.07) is 13.8. The Labute approximate surface area is 164 Å². The standard InChI is InChI=1S/C23H24N2O3/c1-16-3-5-18(6-4-16)28-15-23(26)25-11-9-17(10-12-25)21-14-24-22-8-7-19(27-2)13-20(21)22/h3-9,13-14,24H,10-12,15H2,1-2H3. The Morgan fingerprint density at radius 3 is 2.64 bits per heavy atom. The molecule has 0 atom stereocenters. The molecule has 5 heteroatoms. The fourth-order valence-electron chi connectivity index (χ4n) is 3.50. The number of fused-ring (bicyclic) bond motifs is 1. The van der Waals surface area contributed by atoms with Crippen molar-refractivity contribution in [1.29, 1.82) is 0 Å². The highest BCUT2D eigenvalue weighted by molar-refractivity contribution is 5.94. The molecule has 0 saturated heterocycles. The van der Waals surface area contributed by atoms with Gasteiger partial charge in [-0.15, -0.1) is 0 Å². The average molecular weight is 376 g/mol. The van der Waals surface area contributed by atoms with E-state index in [2.05, 4.69) is 17.1 Å². The lowest BCUT2D eigenvalue weighted by Gasteiger charge is -2.26. The third-order valence-electron chi connectivity index (χ3n) is 5.18. The zero-order chi connectivity index (χ0) is 19.5. The summed E-state index contributed by atoms with van der Waals surface area (Å²) in [6.45, 7) is 3.38. The Balaban J connectivity index is 1.41. The minimum Gasteiger partial charge on any atom is -0.497 e. The van der Waals surface area contributed by atoms with Crippen LogP contribution in [0.15, 0.2) is 54.7 Å². The molecule has 1 aliphatic heterocycles. The number of methoxy groups -OCH3 is 1. The van der Waals surface area contributed by atoms with Crippen molar-refractivity contribution in [3.8, 4) is 11.5 Å². The fraction of sp³-hybridized carbons (Fsp3) is 0.261. The second-order valence-corrected chi connectivity index (χ2v) is 7.03. The van der Waals surface area contributed by atoms with Crippen molar-refractivity contribution in [3.63, 3.8) is 0 Å². The molecule has 0 unspecified atom stereocenters. The van der Waals surface area contributed by atoms with Gasteiger partial charge in [-0.3, -0.25) is 4.79 Å². The zero-order valence-corrected chi connectivity index (χ0v) is 16.2. The highest BCUT2D eigenvalue weighted by Crippen LogP contribution is 2.31. The summed E-state index contributed by atoms with van der Waals surface area (Å²) >= 11 is 0. The van der Waals surface area contributed by atoms with E-state index in [9.17, 15) is 4.79 Å². The van der Waals surface area contributed by atoms with Gasteiger partial charge in [-0.1, -0.05) is 23.8 Å². The van der Waals surface area contributed by atoms with Crippen molar-refractivity contribution >= 4 is 22.4 Å². The van der Waals surface area contributed by atoms with Gasteiger partial charge in [-0.2, -0.15) is 0 Å². The van der Waals surface area contributed by atoms with Crippen molar-refractivity contribution in [3.05, 3.63) is 65.9 Å². The number of carbonyl (C=O) groups is 1. The molecular weight excluding hydrogens is 352 g/mol. The normalized spacial score (nSPS) is 14.1. The van der Waals surface area contributed by atoms with Crippen LogP contribution in [0.25, 0.3) is 16.5 Å². The molecule has 0 saturated carbocycles. The lowest BCUT2D eigenvalue weighted by molar-refractivity contribution is -0.132. The third kappa shape index (κ3) is 3.74. The molecular formula is C23H24N2O3. The van der Waals surface area contributed by atoms with Crippen LogP contribution in [0.1, 0.15) is 17.5 Å². The number of nitrogens with one attached hydrogen (secondary N) is 1. The van der Waals surface area contributed by atoms with Crippen LogP contribution in [0.5, 0.6) is 11.5 Å². The fourth-order valence-corrected chi connectivity index (χ4v) is 3.50. The lowest BCUT2D eigenvalue weighted by atomic mass is 9.99. The van der Waals surface area contributed by atoms with Gasteiger partial charge in [-0.05, 0) is 49.2 Å². The van der Waals surface area contributed by atoms with Gasteiger partial charge in [-0.25, -0.2) is 0 Å². The van der Waals surface area contributed by atoms with Gasteiger partial charge in [0, 0.05) is 35.8 Å². The van der Waals surface area contributed by atoms with Crippen LogP contribution >= 0.6 is 0 Å². The maximum absolute atomic E-state index is 12.5. The largest absolute Gasteiger partial charge is 0.497 e. The van der Waals surface area contributed by atoms with Gasteiger partial charge in [0.2, 0.25) is 0 Å². The number of hydrogen-bond acceptors (Lipinski definition) is 3. The minimum atomic E-state index is 0.0106. The Morgan fingerprint density at radius 2 is 1.93 bits per heavy atom. The number of carbonyl (C=O) groups excluding carboxylic acids is 1. The average Bonchev–Trinajstić information content (AvgIpc) is 3.16. The summed E-state index contributed by atoms with van der Waals surface area (Å²) in [6.07, 6.45) is 4.99. The first-order valence-electron chi connectivity index (χ1n) is 9.46. The van der Waals surface area contributed by atoms with E-state index >= 15 is 0 Å². The Hall–Kier alpha value is -3.21. The summed E-state index contributed by atoms with van der Waals surface area (Å²) in [5.41, 5.74) is 4.68. The van der Waals surface area contributed by atoms with E-state index in [1.807, 2.05) is 54.4 Å². The molecule has 2 heterocycles. The number of hydrogen-bond donors (Lipinski definition) is 1. The second-order valence-electron chi connectivity index (χ2n) is 7.03. The number of nitrogens with zero attached hydrogens (tertiary/aromatic N) is 1. The summed E-state index contributed by atoms with van der Waals surface area (Å²) in [7, 11) is 1.68. The molecule has 1 aromatic heterocycles. The van der Waals surface area contributed by atoms with Crippen LogP contribution in [0.2, 0.25) is 0 Å². The first-order chi connectivity index (χ1) is 13.6. The second kappa shape index (κ2) is 7.80. The van der Waals surface area contributed by atoms with Crippen LogP contribution in [0, 0.1) is 6.92 Å². The molecule has 3 aromatic rings. The van der Waals surface area contributed by atoms with Crippen LogP contribution in [-0.2, 0) is 4.79 Å². The predicted molar refractivity (Wildman–Crippen MR) is 111 cm³/mol. The number of aromatic nitrogens is 1. The number of rotatable bonds is 5. The van der Waals surface area contributed by atoms with E-state index in [-0.39, 0.29) is 12.5 Å². The first-order valence-corrected chi connectivity index (χ1v) is 9.46. The van der Waals surface area contributed by atoms with Gasteiger partial charge in [0.15, 0.2) is 6.61 Å². The smallest absolute Gasteiger partial charge is 0.260 e. The molecule has 0 bridgehead atoms. The quantitative estimate of drug-likeness (QED) is 0.727. The minimum absolute atomic E-state index is 0.0106. The van der Waals surface area contributed by atoms with Gasteiger partial charge >= 0.3 is 0 Å². The van der Waals surface area contributed by atoms with E-state index in [0.29, 0.717) is 13.1 Å². The number of H-pyrrole nitrogens is 1. The lowest BCUT2D eigenvalue weighted by Crippen LogP contribution is -2.37. The maximum Gasteiger partial charge on any atom is 0.260 e. The van der Waals surface area contributed by atoms with Crippen molar-refractivity contribution in [2.45, 2.75) is 13.3 Å². The van der Waals surface area contributed by atoms with E-state index in [0.717, 1.165) is 28.8 Å². The van der Waals surface area contributed by atoms with Gasteiger partial charge < -0.3 is 19.4 Å². The Bertz CT molecular complexity index is 1020. The Kier molecular flexibility index (Phi) is 5.06. The molecule has 0 radical (unpaired) electrons. The van der Waals surface area contributed by atoms with Gasteiger partial charge in [0.1, 0.15) is 11.5 Å². The van der Waals surface area contributed by atoms with E-state index in [4.69, 9.17) is 9.47 Å². The molecule has 2 aromatic carbocycles. The van der Waals surface area contributed by atoms with Crippen molar-refractivity contribution < 1.29 is 14.3 Å². The van der Waals surface area contributed by atoms with Crippen molar-refractivity contribution in [2.24, 2.45) is 0 Å². The molecule has 1 aliphatic rings. The zero-order valence-electron chi connectivity index (χ0n) is 16.2. The van der Waals surface area contributed by atoms with E-state index < -0.39 is 0 Å². The Morgan fingerprint density at radius 1 is 1.14 bits per heavy atom. The molecule has 0 fully saturated rings. The van der Waals surface area contributed by atoms with E-state index in [1.54, 1.807) is 7.11 Å². The van der Waals surface area contributed by atoms with Crippen molar-refractivity contribution in [2.75, 3.05) is 26.8 Å². The topological polar surface area (TPSA) is 54.6 Å². The van der Waals surface area contributed by atoms with Crippen LogP contribution < -0.4 is 9.47 Å². The third-order valence-corrected chi connectivity index (χ3v) is 5.18. The van der Waals surface area contributed by atoms with Crippen LogP contribution in [0.3, 0.4) is 0 Å². The molecule has 0 aliphatic carbocycles. The van der Waals surface area contributed by atoms with Crippen LogP contribution in [0.4, 0.5) is 0 Å². The summed E-state index contributed by atoms with van der Waals surface area (Å²) in [5, 5.41) is 1.15. The monoisotopic (exact) mass is 376 g/mol. The van der Waals surface area contributed by atoms with Gasteiger partial charge in [0.05, 0.1) is 7.11 Å². The molecule has 1 amide bonds. The number of amides is 1.